The number of piperazine rings is 1. The first-order valence-electron chi connectivity index (χ1n) is 6.65. The second kappa shape index (κ2) is 6.49. The lowest BCUT2D eigenvalue weighted by Gasteiger charge is -2.35. The minimum atomic E-state index is -3.47. The largest absolute Gasteiger partial charge is 0.336 e. The van der Waals surface area contributed by atoms with Gasteiger partial charge in [0, 0.05) is 45.8 Å². The van der Waals surface area contributed by atoms with Crippen molar-refractivity contribution in [2.45, 2.75) is 0 Å². The summed E-state index contributed by atoms with van der Waals surface area (Å²) in [7, 11) is -0.537. The van der Waals surface area contributed by atoms with Gasteiger partial charge in [-0.25, -0.2) is 4.39 Å². The smallest absolute Gasteiger partial charge is 0.281 e. The number of halogens is 2. The molecule has 1 saturated heterocycles. The number of hydrogen-bond acceptors (Lipinski definition) is 3. The molecule has 1 aromatic rings. The van der Waals surface area contributed by atoms with Crippen molar-refractivity contribution in [3.8, 4) is 0 Å². The van der Waals surface area contributed by atoms with Crippen molar-refractivity contribution in [1.82, 2.24) is 13.5 Å². The second-order valence-corrected chi connectivity index (χ2v) is 7.66. The molecular formula is C13H17ClFN3O3S. The molecule has 0 atom stereocenters. The van der Waals surface area contributed by atoms with Crippen LogP contribution >= 0.6 is 11.6 Å². The molecule has 0 N–H and O–H groups in total. The van der Waals surface area contributed by atoms with Crippen LogP contribution in [0, 0.1) is 5.82 Å². The van der Waals surface area contributed by atoms with Gasteiger partial charge in [0.2, 0.25) is 0 Å². The third kappa shape index (κ3) is 3.40. The van der Waals surface area contributed by atoms with E-state index in [0.717, 1.165) is 10.4 Å². The predicted octanol–water partition coefficient (Wildman–Crippen LogP) is 1.04. The van der Waals surface area contributed by atoms with Crippen LogP contribution < -0.4 is 0 Å². The fraction of sp³-hybridized carbons (Fsp3) is 0.462. The summed E-state index contributed by atoms with van der Waals surface area (Å²) < 4.78 is 39.6. The molecule has 0 aromatic heterocycles. The Bertz CT molecular complexity index is 673. The Morgan fingerprint density at radius 2 is 1.82 bits per heavy atom. The normalized spacial score (nSPS) is 17.0. The molecule has 0 aliphatic carbocycles. The topological polar surface area (TPSA) is 60.9 Å². The van der Waals surface area contributed by atoms with Gasteiger partial charge in [-0.1, -0.05) is 11.6 Å². The maximum absolute atomic E-state index is 13.1. The Kier molecular flexibility index (Phi) is 5.06. The highest BCUT2D eigenvalue weighted by molar-refractivity contribution is 7.86. The molecule has 1 heterocycles. The summed E-state index contributed by atoms with van der Waals surface area (Å²) in [6.45, 7) is 1.00. The standard InChI is InChI=1S/C13H17ClFN3O3S/c1-16(2)22(20,21)18-7-5-17(6-8-18)13(19)10-3-4-12(15)11(14)9-10/h3-4,9H,5-8H2,1-2H3. The monoisotopic (exact) mass is 349 g/mol. The van der Waals surface area contributed by atoms with Crippen molar-refractivity contribution >= 4 is 27.7 Å². The highest BCUT2D eigenvalue weighted by Gasteiger charge is 2.30. The number of carbonyl (C=O) groups is 1. The van der Waals surface area contributed by atoms with Gasteiger partial charge < -0.3 is 4.90 Å². The summed E-state index contributed by atoms with van der Waals surface area (Å²) in [5.41, 5.74) is 0.287. The fourth-order valence-corrected chi connectivity index (χ4v) is 3.43. The zero-order valence-electron chi connectivity index (χ0n) is 12.3. The van der Waals surface area contributed by atoms with Gasteiger partial charge >= 0.3 is 0 Å². The van der Waals surface area contributed by atoms with E-state index in [9.17, 15) is 17.6 Å². The predicted molar refractivity (Wildman–Crippen MR) is 81.5 cm³/mol. The first-order chi connectivity index (χ1) is 10.2. The van der Waals surface area contributed by atoms with Crippen LogP contribution in [0.4, 0.5) is 4.39 Å². The van der Waals surface area contributed by atoms with Crippen LogP contribution in [0.5, 0.6) is 0 Å². The molecule has 22 heavy (non-hydrogen) atoms. The lowest BCUT2D eigenvalue weighted by atomic mass is 10.2. The molecule has 0 saturated carbocycles. The van der Waals surface area contributed by atoms with E-state index in [0.29, 0.717) is 0 Å². The van der Waals surface area contributed by atoms with Gasteiger partial charge in [-0.2, -0.15) is 17.0 Å². The van der Waals surface area contributed by atoms with Gasteiger partial charge in [-0.3, -0.25) is 4.79 Å². The molecule has 0 bridgehead atoms. The lowest BCUT2D eigenvalue weighted by Crippen LogP contribution is -2.53. The Balaban J connectivity index is 2.05. The van der Waals surface area contributed by atoms with Crippen LogP contribution in [0.2, 0.25) is 5.02 Å². The minimum absolute atomic E-state index is 0.111. The zero-order valence-corrected chi connectivity index (χ0v) is 13.9. The number of amides is 1. The molecule has 6 nitrogen and oxygen atoms in total. The summed E-state index contributed by atoms with van der Waals surface area (Å²) >= 11 is 5.68. The molecule has 0 radical (unpaired) electrons. The van der Waals surface area contributed by atoms with Crippen LogP contribution in [0.1, 0.15) is 10.4 Å². The van der Waals surface area contributed by atoms with E-state index in [1.807, 2.05) is 0 Å². The van der Waals surface area contributed by atoms with E-state index in [-0.39, 0.29) is 42.7 Å². The second-order valence-electron chi connectivity index (χ2n) is 5.11. The third-order valence-electron chi connectivity index (χ3n) is 3.48. The first kappa shape index (κ1) is 17.1. The summed E-state index contributed by atoms with van der Waals surface area (Å²) in [5.74, 6) is -0.871. The highest BCUT2D eigenvalue weighted by atomic mass is 35.5. The van der Waals surface area contributed by atoms with Crippen molar-refractivity contribution in [3.63, 3.8) is 0 Å². The number of nitrogens with zero attached hydrogens (tertiary/aromatic N) is 3. The first-order valence-corrected chi connectivity index (χ1v) is 8.43. The molecule has 9 heteroatoms. The SMILES string of the molecule is CN(C)S(=O)(=O)N1CCN(C(=O)c2ccc(F)c(Cl)c2)CC1. The van der Waals surface area contributed by atoms with E-state index >= 15 is 0 Å². The molecular weight excluding hydrogens is 333 g/mol. The van der Waals surface area contributed by atoms with E-state index in [4.69, 9.17) is 11.6 Å². The molecule has 1 aliphatic rings. The minimum Gasteiger partial charge on any atom is -0.336 e. The summed E-state index contributed by atoms with van der Waals surface area (Å²) in [5, 5.41) is -0.111. The van der Waals surface area contributed by atoms with Gasteiger partial charge in [0.1, 0.15) is 5.82 Å². The van der Waals surface area contributed by atoms with Crippen LogP contribution in [0.25, 0.3) is 0 Å². The molecule has 0 spiro atoms. The molecule has 0 unspecified atom stereocenters. The highest BCUT2D eigenvalue weighted by Crippen LogP contribution is 2.18. The molecule has 1 amide bonds. The number of rotatable bonds is 3. The third-order valence-corrected chi connectivity index (χ3v) is 5.71. The molecule has 1 aromatic carbocycles. The van der Waals surface area contributed by atoms with Crippen molar-refractivity contribution in [2.75, 3.05) is 40.3 Å². The quantitative estimate of drug-likeness (QED) is 0.819. The van der Waals surface area contributed by atoms with Crippen molar-refractivity contribution in [3.05, 3.63) is 34.6 Å². The Morgan fingerprint density at radius 1 is 1.23 bits per heavy atom. The van der Waals surface area contributed by atoms with Crippen LogP contribution in [0.15, 0.2) is 18.2 Å². The summed E-state index contributed by atoms with van der Waals surface area (Å²) in [6.07, 6.45) is 0. The Hall–Kier alpha value is -1.22. The van der Waals surface area contributed by atoms with Crippen LogP contribution in [0.3, 0.4) is 0 Å². The molecule has 1 fully saturated rings. The van der Waals surface area contributed by atoms with Crippen LogP contribution in [-0.2, 0) is 10.2 Å². The van der Waals surface area contributed by atoms with Gasteiger partial charge in [-0.05, 0) is 18.2 Å². The number of hydrogen-bond donors (Lipinski definition) is 0. The van der Waals surface area contributed by atoms with Crippen molar-refractivity contribution < 1.29 is 17.6 Å². The average Bonchev–Trinajstić information content (AvgIpc) is 2.49. The average molecular weight is 350 g/mol. The maximum atomic E-state index is 13.1. The molecule has 2 rings (SSSR count). The zero-order chi connectivity index (χ0) is 16.5. The maximum Gasteiger partial charge on any atom is 0.281 e. The van der Waals surface area contributed by atoms with E-state index in [1.165, 1.54) is 35.4 Å². The van der Waals surface area contributed by atoms with Crippen molar-refractivity contribution in [2.24, 2.45) is 0 Å². The Morgan fingerprint density at radius 3 is 2.32 bits per heavy atom. The van der Waals surface area contributed by atoms with E-state index in [2.05, 4.69) is 0 Å². The fourth-order valence-electron chi connectivity index (χ4n) is 2.16. The van der Waals surface area contributed by atoms with Gasteiger partial charge in [0.15, 0.2) is 0 Å². The molecule has 1 aliphatic heterocycles. The van der Waals surface area contributed by atoms with Crippen LogP contribution in [-0.4, -0.2) is 68.1 Å². The van der Waals surface area contributed by atoms with Crippen molar-refractivity contribution in [1.29, 1.82) is 0 Å². The molecule has 122 valence electrons. The number of carbonyl (C=O) groups excluding carboxylic acids is 1. The van der Waals surface area contributed by atoms with E-state index in [1.54, 1.807) is 0 Å². The number of benzene rings is 1. The van der Waals surface area contributed by atoms with Gasteiger partial charge in [-0.15, -0.1) is 0 Å². The summed E-state index contributed by atoms with van der Waals surface area (Å²) in [6, 6.07) is 3.79. The Labute approximate surface area is 134 Å². The van der Waals surface area contributed by atoms with Gasteiger partial charge in [0.25, 0.3) is 16.1 Å². The lowest BCUT2D eigenvalue weighted by molar-refractivity contribution is 0.0695. The summed E-state index contributed by atoms with van der Waals surface area (Å²) in [4.78, 5) is 13.9. The van der Waals surface area contributed by atoms with E-state index < -0.39 is 16.0 Å². The van der Waals surface area contributed by atoms with Gasteiger partial charge in [0.05, 0.1) is 5.02 Å².